The van der Waals surface area contributed by atoms with E-state index in [0.29, 0.717) is 30.2 Å². The maximum atomic E-state index is 13.9. The van der Waals surface area contributed by atoms with E-state index in [4.69, 9.17) is 10.5 Å². The number of nitrogens with one attached hydrogen (secondary N) is 1. The number of primary amides is 1. The molecule has 0 saturated carbocycles. The van der Waals surface area contributed by atoms with E-state index >= 15 is 0 Å². The Labute approximate surface area is 217 Å². The number of nitrogens with zero attached hydrogens (tertiary/aromatic N) is 1. The number of carbonyl (C=O) groups excluding carboxylic acids is 2. The molecule has 2 aromatic rings. The molecule has 2 amide bonds. The zero-order valence-electron chi connectivity index (χ0n) is 20.7. The van der Waals surface area contributed by atoms with E-state index in [2.05, 4.69) is 5.32 Å². The van der Waals surface area contributed by atoms with Crippen molar-refractivity contribution in [1.82, 2.24) is 10.2 Å². The third kappa shape index (κ3) is 5.67. The number of halogens is 3. The fourth-order valence-electron chi connectivity index (χ4n) is 5.11. The molecule has 0 aliphatic carbocycles. The summed E-state index contributed by atoms with van der Waals surface area (Å²) in [6.07, 6.45) is -0.297. The van der Waals surface area contributed by atoms with Gasteiger partial charge < -0.3 is 25.8 Å². The molecule has 0 radical (unpaired) electrons. The van der Waals surface area contributed by atoms with Gasteiger partial charge in [-0.2, -0.15) is 4.39 Å². The fourth-order valence-corrected chi connectivity index (χ4v) is 5.11. The first-order valence-corrected chi connectivity index (χ1v) is 12.2. The summed E-state index contributed by atoms with van der Waals surface area (Å²) in [5.41, 5.74) is 7.35. The summed E-state index contributed by atoms with van der Waals surface area (Å²) in [7, 11) is 0. The van der Waals surface area contributed by atoms with Gasteiger partial charge in [-0.05, 0) is 42.2 Å². The third-order valence-electron chi connectivity index (χ3n) is 6.80. The lowest BCUT2D eigenvalue weighted by Gasteiger charge is -2.47. The highest BCUT2D eigenvalue weighted by Gasteiger charge is 2.43. The zero-order chi connectivity index (χ0) is 27.6. The molecule has 4 N–H and O–H groups in total. The van der Waals surface area contributed by atoms with Crippen LogP contribution in [0.1, 0.15) is 37.3 Å². The average molecular weight is 532 g/mol. The quantitative estimate of drug-likeness (QED) is 0.428. The normalized spacial score (nSPS) is 19.7. The lowest BCUT2D eigenvalue weighted by molar-refractivity contribution is -0.140. The molecule has 11 heteroatoms. The Morgan fingerprint density at radius 1 is 1.08 bits per heavy atom. The van der Waals surface area contributed by atoms with Crippen molar-refractivity contribution in [3.05, 3.63) is 70.5 Å². The van der Waals surface area contributed by atoms with Gasteiger partial charge in [0.2, 0.25) is 17.6 Å². The summed E-state index contributed by atoms with van der Waals surface area (Å²) in [6, 6.07) is 7.55. The number of carboxylic acids is 1. The number of piperazine rings is 1. The van der Waals surface area contributed by atoms with Crippen LogP contribution in [0.2, 0.25) is 0 Å². The molecule has 0 spiro atoms. The van der Waals surface area contributed by atoms with Crippen LogP contribution < -0.4 is 15.8 Å². The van der Waals surface area contributed by atoms with E-state index in [-0.39, 0.29) is 43.3 Å². The van der Waals surface area contributed by atoms with E-state index in [1.807, 2.05) is 0 Å². The molecule has 38 heavy (non-hydrogen) atoms. The van der Waals surface area contributed by atoms with E-state index in [0.717, 1.165) is 11.6 Å². The number of amides is 2. The number of carbonyl (C=O) groups is 3. The van der Waals surface area contributed by atoms with Crippen molar-refractivity contribution < 1.29 is 37.4 Å². The van der Waals surface area contributed by atoms with Gasteiger partial charge in [-0.25, -0.2) is 13.6 Å². The van der Waals surface area contributed by atoms with Crippen LogP contribution in [0.5, 0.6) is 5.75 Å². The molecular weight excluding hydrogens is 503 g/mol. The predicted octanol–water partition coefficient (Wildman–Crippen LogP) is 2.79. The Balaban J connectivity index is 1.54. The summed E-state index contributed by atoms with van der Waals surface area (Å²) < 4.78 is 46.6. The van der Waals surface area contributed by atoms with Crippen molar-refractivity contribution in [2.45, 2.75) is 50.8 Å². The highest BCUT2D eigenvalue weighted by molar-refractivity contribution is 6.00. The van der Waals surface area contributed by atoms with Gasteiger partial charge in [-0.3, -0.25) is 9.59 Å². The molecule has 202 valence electrons. The molecular formula is C27H28F3N3O5. The van der Waals surface area contributed by atoms with E-state index < -0.39 is 47.2 Å². The standard InChI is InChI=1S/C27H28F3N3O5/c1-14(38-26-20(29)7-6-19(28)25(26)30)10-15-2-4-16(5-3-15)18-11-17-12-32-13-21(24(18)27(36)37)33(17)23(35)9-8-22(31)34/h2-7,14,17,21,32H,8-13H2,1H3,(H2,31,34)(H,36,37). The van der Waals surface area contributed by atoms with E-state index in [1.165, 1.54) is 0 Å². The van der Waals surface area contributed by atoms with Gasteiger partial charge in [-0.1, -0.05) is 24.3 Å². The molecule has 3 unspecified atom stereocenters. The zero-order valence-corrected chi connectivity index (χ0v) is 20.7. The SMILES string of the molecule is CC(Cc1ccc(C2=C(C(=O)O)C3CNCC(C2)N3C(=O)CCC(N)=O)cc1)Oc1c(F)ccc(F)c1F. The van der Waals surface area contributed by atoms with Crippen LogP contribution in [0.4, 0.5) is 13.2 Å². The van der Waals surface area contributed by atoms with Crippen molar-refractivity contribution in [3.8, 4) is 5.75 Å². The van der Waals surface area contributed by atoms with Crippen LogP contribution in [0.15, 0.2) is 42.0 Å². The Kier molecular flexibility index (Phi) is 8.05. The molecule has 4 rings (SSSR count). The highest BCUT2D eigenvalue weighted by atomic mass is 19.2. The second-order valence-electron chi connectivity index (χ2n) is 9.50. The summed E-state index contributed by atoms with van der Waals surface area (Å²) in [5.74, 6) is -6.42. The van der Waals surface area contributed by atoms with Crippen molar-refractivity contribution in [3.63, 3.8) is 0 Å². The first kappa shape index (κ1) is 27.2. The number of ether oxygens (including phenoxy) is 1. The van der Waals surface area contributed by atoms with E-state index in [9.17, 15) is 32.7 Å². The van der Waals surface area contributed by atoms with Crippen molar-refractivity contribution in [1.29, 1.82) is 0 Å². The molecule has 1 fully saturated rings. The minimum Gasteiger partial charge on any atom is -0.484 e. The minimum absolute atomic E-state index is 0.0804. The van der Waals surface area contributed by atoms with Crippen LogP contribution >= 0.6 is 0 Å². The van der Waals surface area contributed by atoms with Crippen LogP contribution in [-0.2, 0) is 20.8 Å². The molecule has 3 atom stereocenters. The number of rotatable bonds is 9. The number of aliphatic carboxylic acids is 1. The number of benzene rings is 2. The maximum Gasteiger partial charge on any atom is 0.334 e. The van der Waals surface area contributed by atoms with Crippen LogP contribution in [0, 0.1) is 17.5 Å². The van der Waals surface area contributed by atoms with Crippen molar-refractivity contribution >= 4 is 23.4 Å². The number of fused-ring (bicyclic) bond motifs is 2. The largest absolute Gasteiger partial charge is 0.484 e. The fraction of sp³-hybridized carbons (Fsp3) is 0.370. The van der Waals surface area contributed by atoms with Gasteiger partial charge in [0.1, 0.15) is 6.10 Å². The second kappa shape index (κ2) is 11.3. The summed E-state index contributed by atoms with van der Waals surface area (Å²) in [6.45, 7) is 2.35. The first-order chi connectivity index (χ1) is 18.1. The lowest BCUT2D eigenvalue weighted by Crippen LogP contribution is -2.62. The first-order valence-electron chi connectivity index (χ1n) is 12.2. The molecule has 2 aliphatic heterocycles. The number of hydrogen-bond donors (Lipinski definition) is 3. The molecule has 1 saturated heterocycles. The Morgan fingerprint density at radius 3 is 2.42 bits per heavy atom. The smallest absolute Gasteiger partial charge is 0.334 e. The van der Waals surface area contributed by atoms with Gasteiger partial charge in [0.05, 0.1) is 11.6 Å². The van der Waals surface area contributed by atoms with Crippen LogP contribution in [-0.4, -0.2) is 59.1 Å². The number of nitrogens with two attached hydrogens (primary N) is 1. The third-order valence-corrected chi connectivity index (χ3v) is 6.80. The van der Waals surface area contributed by atoms with E-state index in [1.54, 1.807) is 36.1 Å². The topological polar surface area (TPSA) is 122 Å². The maximum absolute atomic E-state index is 13.9. The van der Waals surface area contributed by atoms with Gasteiger partial charge in [0, 0.05) is 38.4 Å². The second-order valence-corrected chi connectivity index (χ2v) is 9.50. The lowest BCUT2D eigenvalue weighted by atomic mass is 9.82. The molecule has 0 aromatic heterocycles. The molecule has 2 aliphatic rings. The summed E-state index contributed by atoms with van der Waals surface area (Å²) >= 11 is 0. The van der Waals surface area contributed by atoms with Crippen molar-refractivity contribution in [2.24, 2.45) is 5.73 Å². The molecule has 2 bridgehead atoms. The number of carboxylic acid groups (broad SMARTS) is 1. The summed E-state index contributed by atoms with van der Waals surface area (Å²) in [4.78, 5) is 37.9. The Morgan fingerprint density at radius 2 is 1.76 bits per heavy atom. The molecule has 2 aromatic carbocycles. The van der Waals surface area contributed by atoms with Gasteiger partial charge >= 0.3 is 5.97 Å². The Bertz CT molecular complexity index is 1280. The Hall–Kier alpha value is -3.86. The van der Waals surface area contributed by atoms with Crippen molar-refractivity contribution in [2.75, 3.05) is 13.1 Å². The van der Waals surface area contributed by atoms with Crippen LogP contribution in [0.3, 0.4) is 0 Å². The van der Waals surface area contributed by atoms with Crippen LogP contribution in [0.25, 0.3) is 5.57 Å². The van der Waals surface area contributed by atoms with Gasteiger partial charge in [-0.15, -0.1) is 0 Å². The predicted molar refractivity (Wildman–Crippen MR) is 131 cm³/mol. The molecule has 8 nitrogen and oxygen atoms in total. The minimum atomic E-state index is -1.39. The summed E-state index contributed by atoms with van der Waals surface area (Å²) in [5, 5.41) is 13.3. The highest BCUT2D eigenvalue weighted by Crippen LogP contribution is 2.37. The monoisotopic (exact) mass is 531 g/mol. The van der Waals surface area contributed by atoms with Gasteiger partial charge in [0.15, 0.2) is 17.4 Å². The number of hydrogen-bond acceptors (Lipinski definition) is 5. The van der Waals surface area contributed by atoms with Gasteiger partial charge in [0.25, 0.3) is 0 Å². The molecule has 2 heterocycles. The average Bonchev–Trinajstić information content (AvgIpc) is 2.87.